The summed E-state index contributed by atoms with van der Waals surface area (Å²) in [7, 11) is -3.39. The van der Waals surface area contributed by atoms with Crippen LogP contribution in [0.4, 0.5) is 0 Å². The van der Waals surface area contributed by atoms with E-state index >= 15 is 0 Å². The Labute approximate surface area is 92.8 Å². The van der Waals surface area contributed by atoms with Gasteiger partial charge in [0, 0.05) is 5.56 Å². The van der Waals surface area contributed by atoms with E-state index in [1.54, 1.807) is 12.1 Å². The molecular formula is C10H11NO4S. The normalized spacial score (nSPS) is 27.1. The second-order valence-corrected chi connectivity index (χ2v) is 5.92. The topological polar surface area (TPSA) is 97.5 Å². The van der Waals surface area contributed by atoms with Crippen molar-refractivity contribution in [2.75, 3.05) is 5.75 Å². The Hall–Kier alpha value is -1.40. The highest BCUT2D eigenvalue weighted by molar-refractivity contribution is 7.91. The molecule has 1 atom stereocenters. The molecule has 1 heterocycles. The van der Waals surface area contributed by atoms with Crippen LogP contribution in [-0.2, 0) is 20.2 Å². The van der Waals surface area contributed by atoms with Crippen molar-refractivity contribution in [3.63, 3.8) is 0 Å². The molecule has 1 unspecified atom stereocenters. The summed E-state index contributed by atoms with van der Waals surface area (Å²) in [5, 5.41) is 9.09. The van der Waals surface area contributed by atoms with E-state index in [-0.39, 0.29) is 22.6 Å². The number of carboxylic acid groups (broad SMARTS) is 1. The summed E-state index contributed by atoms with van der Waals surface area (Å²) < 4.78 is 23.5. The van der Waals surface area contributed by atoms with Gasteiger partial charge in [0.1, 0.15) is 5.54 Å². The fourth-order valence-electron chi connectivity index (χ4n) is 1.87. The minimum absolute atomic E-state index is 0.0335. The van der Waals surface area contributed by atoms with Crippen LogP contribution < -0.4 is 5.73 Å². The molecule has 1 aliphatic heterocycles. The molecule has 3 N–H and O–H groups in total. The summed E-state index contributed by atoms with van der Waals surface area (Å²) in [6, 6.07) is 6.00. The molecule has 0 saturated heterocycles. The maximum absolute atomic E-state index is 11.7. The van der Waals surface area contributed by atoms with Crippen LogP contribution in [0.15, 0.2) is 29.2 Å². The van der Waals surface area contributed by atoms with Crippen LogP contribution in [-0.4, -0.2) is 25.2 Å². The van der Waals surface area contributed by atoms with Crippen molar-refractivity contribution in [3.05, 3.63) is 29.8 Å². The fraction of sp³-hybridized carbons (Fsp3) is 0.300. The van der Waals surface area contributed by atoms with Gasteiger partial charge in [0.15, 0.2) is 9.84 Å². The van der Waals surface area contributed by atoms with Crippen molar-refractivity contribution in [2.24, 2.45) is 5.73 Å². The van der Waals surface area contributed by atoms with Crippen LogP contribution in [0.25, 0.3) is 0 Å². The van der Waals surface area contributed by atoms with E-state index in [0.29, 0.717) is 0 Å². The van der Waals surface area contributed by atoms with E-state index in [0.717, 1.165) is 0 Å². The zero-order valence-corrected chi connectivity index (χ0v) is 9.20. The largest absolute Gasteiger partial charge is 0.480 e. The lowest BCUT2D eigenvalue weighted by Gasteiger charge is -2.31. The first-order valence-electron chi connectivity index (χ1n) is 4.72. The summed E-state index contributed by atoms with van der Waals surface area (Å²) in [6.45, 7) is 0. The molecule has 1 aromatic carbocycles. The highest BCUT2D eigenvalue weighted by Gasteiger charge is 2.44. The number of sulfone groups is 1. The molecule has 0 amide bonds. The van der Waals surface area contributed by atoms with Crippen molar-refractivity contribution in [1.82, 2.24) is 0 Å². The highest BCUT2D eigenvalue weighted by Crippen LogP contribution is 2.35. The Morgan fingerprint density at radius 3 is 2.62 bits per heavy atom. The number of hydrogen-bond acceptors (Lipinski definition) is 4. The molecule has 0 spiro atoms. The zero-order chi connectivity index (χ0) is 12.0. The Bertz CT molecular complexity index is 552. The highest BCUT2D eigenvalue weighted by atomic mass is 32.2. The van der Waals surface area contributed by atoms with E-state index in [9.17, 15) is 13.2 Å². The van der Waals surface area contributed by atoms with E-state index in [1.165, 1.54) is 12.1 Å². The summed E-state index contributed by atoms with van der Waals surface area (Å²) in [6.07, 6.45) is -0.0956. The number of fused-ring (bicyclic) bond motifs is 1. The molecule has 5 nitrogen and oxygen atoms in total. The first-order valence-corrected chi connectivity index (χ1v) is 6.38. The predicted molar refractivity (Wildman–Crippen MR) is 56.6 cm³/mol. The van der Waals surface area contributed by atoms with Crippen LogP contribution in [0.2, 0.25) is 0 Å². The van der Waals surface area contributed by atoms with Crippen molar-refractivity contribution < 1.29 is 18.3 Å². The molecule has 0 aliphatic carbocycles. The lowest BCUT2D eigenvalue weighted by molar-refractivity contribution is -0.144. The maximum atomic E-state index is 11.7. The molecule has 86 valence electrons. The second-order valence-electron chi connectivity index (χ2n) is 3.84. The van der Waals surface area contributed by atoms with Crippen LogP contribution in [0.3, 0.4) is 0 Å². The van der Waals surface area contributed by atoms with Gasteiger partial charge in [-0.2, -0.15) is 0 Å². The molecule has 0 fully saturated rings. The smallest absolute Gasteiger partial charge is 0.328 e. The summed E-state index contributed by atoms with van der Waals surface area (Å²) in [5.74, 6) is -1.43. The molecule has 1 aromatic rings. The number of aliphatic carboxylic acids is 1. The predicted octanol–water partition coefficient (Wildman–Crippen LogP) is 0.103. The quantitative estimate of drug-likeness (QED) is 0.726. The number of benzene rings is 1. The van der Waals surface area contributed by atoms with Gasteiger partial charge in [-0.1, -0.05) is 18.2 Å². The Kier molecular flexibility index (Phi) is 2.28. The average Bonchev–Trinajstić information content (AvgIpc) is 2.24. The third-order valence-electron chi connectivity index (χ3n) is 2.85. The average molecular weight is 241 g/mol. The van der Waals surface area contributed by atoms with Gasteiger partial charge in [0.2, 0.25) is 0 Å². The van der Waals surface area contributed by atoms with Gasteiger partial charge in [0.25, 0.3) is 0 Å². The number of rotatable bonds is 1. The third kappa shape index (κ3) is 1.42. The van der Waals surface area contributed by atoms with Crippen LogP contribution >= 0.6 is 0 Å². The minimum atomic E-state index is -3.39. The summed E-state index contributed by atoms with van der Waals surface area (Å²) in [5.41, 5.74) is 4.35. The van der Waals surface area contributed by atoms with Gasteiger partial charge in [-0.15, -0.1) is 0 Å². The molecule has 0 aromatic heterocycles. The molecule has 6 heteroatoms. The van der Waals surface area contributed by atoms with Crippen LogP contribution in [0, 0.1) is 0 Å². The van der Waals surface area contributed by atoms with Crippen molar-refractivity contribution in [3.8, 4) is 0 Å². The minimum Gasteiger partial charge on any atom is -0.480 e. The zero-order valence-electron chi connectivity index (χ0n) is 8.38. The van der Waals surface area contributed by atoms with Crippen LogP contribution in [0.1, 0.15) is 12.0 Å². The molecule has 0 bridgehead atoms. The standard InChI is InChI=1S/C10H11NO4S/c11-10(9(12)13)5-6-16(14,15)8-4-2-1-3-7(8)10/h1-4H,5-6,11H2,(H,12,13). The number of carboxylic acids is 1. The summed E-state index contributed by atoms with van der Waals surface area (Å²) in [4.78, 5) is 11.2. The lowest BCUT2D eigenvalue weighted by atomic mass is 9.88. The first-order chi connectivity index (χ1) is 7.38. The van der Waals surface area contributed by atoms with Crippen molar-refractivity contribution >= 4 is 15.8 Å². The SMILES string of the molecule is NC1(C(=O)O)CCS(=O)(=O)c2ccccc21. The fourth-order valence-corrected chi connectivity index (χ4v) is 3.55. The van der Waals surface area contributed by atoms with Gasteiger partial charge in [-0.25, -0.2) is 13.2 Å². The lowest BCUT2D eigenvalue weighted by Crippen LogP contribution is -2.49. The Morgan fingerprint density at radius 1 is 1.38 bits per heavy atom. The van der Waals surface area contributed by atoms with Crippen LogP contribution in [0.5, 0.6) is 0 Å². The van der Waals surface area contributed by atoms with E-state index in [1.807, 2.05) is 0 Å². The van der Waals surface area contributed by atoms with Gasteiger partial charge >= 0.3 is 5.97 Å². The van der Waals surface area contributed by atoms with Gasteiger partial charge in [-0.05, 0) is 12.5 Å². The van der Waals surface area contributed by atoms with Gasteiger partial charge in [0.05, 0.1) is 10.6 Å². The molecule has 1 aliphatic rings. The maximum Gasteiger partial charge on any atom is 0.328 e. The molecular weight excluding hydrogens is 230 g/mol. The van der Waals surface area contributed by atoms with Gasteiger partial charge in [-0.3, -0.25) is 0 Å². The van der Waals surface area contributed by atoms with Gasteiger partial charge < -0.3 is 10.8 Å². The van der Waals surface area contributed by atoms with E-state index < -0.39 is 21.3 Å². The van der Waals surface area contributed by atoms with E-state index in [2.05, 4.69) is 0 Å². The Morgan fingerprint density at radius 2 is 2.00 bits per heavy atom. The number of nitrogens with two attached hydrogens (primary N) is 1. The number of hydrogen-bond donors (Lipinski definition) is 2. The van der Waals surface area contributed by atoms with Crippen molar-refractivity contribution in [2.45, 2.75) is 16.9 Å². The molecule has 0 radical (unpaired) electrons. The first kappa shape index (κ1) is 11.1. The second kappa shape index (κ2) is 3.29. The van der Waals surface area contributed by atoms with Crippen molar-refractivity contribution in [1.29, 1.82) is 0 Å². The summed E-state index contributed by atoms with van der Waals surface area (Å²) >= 11 is 0. The molecule has 2 rings (SSSR count). The molecule has 16 heavy (non-hydrogen) atoms. The monoisotopic (exact) mass is 241 g/mol. The molecule has 0 saturated carbocycles. The number of carbonyl (C=O) groups is 1. The third-order valence-corrected chi connectivity index (χ3v) is 4.62. The Balaban J connectivity index is 2.74. The van der Waals surface area contributed by atoms with E-state index in [4.69, 9.17) is 10.8 Å².